The van der Waals surface area contributed by atoms with Crippen LogP contribution in [0.5, 0.6) is 5.75 Å². The van der Waals surface area contributed by atoms with Crippen molar-refractivity contribution < 1.29 is 28.6 Å². The van der Waals surface area contributed by atoms with Crippen LogP contribution in [0.1, 0.15) is 17.3 Å². The molecule has 8 nitrogen and oxygen atoms in total. The standard InChI is InChI=1S/C14H17ClN2O6/c1-4-22-13(19)7-17(2)12(18)8-23-10-6-16-11(15)5-9(10)14(20)21-3/h5-6H,4,7-8H2,1-3H3. The van der Waals surface area contributed by atoms with E-state index in [4.69, 9.17) is 21.1 Å². The summed E-state index contributed by atoms with van der Waals surface area (Å²) in [6.07, 6.45) is 1.22. The van der Waals surface area contributed by atoms with Crippen LogP contribution in [0.2, 0.25) is 5.15 Å². The highest BCUT2D eigenvalue weighted by Gasteiger charge is 2.18. The van der Waals surface area contributed by atoms with E-state index in [2.05, 4.69) is 9.72 Å². The highest BCUT2D eigenvalue weighted by atomic mass is 35.5. The van der Waals surface area contributed by atoms with Gasteiger partial charge in [0.25, 0.3) is 5.91 Å². The van der Waals surface area contributed by atoms with E-state index < -0.39 is 17.8 Å². The molecule has 0 aromatic carbocycles. The van der Waals surface area contributed by atoms with Gasteiger partial charge in [0.05, 0.1) is 19.9 Å². The first kappa shape index (κ1) is 18.7. The number of aromatic nitrogens is 1. The minimum absolute atomic E-state index is 0.0494. The summed E-state index contributed by atoms with van der Waals surface area (Å²) in [6, 6.07) is 1.27. The molecule has 0 saturated carbocycles. The normalized spacial score (nSPS) is 9.91. The Morgan fingerprint density at radius 3 is 2.65 bits per heavy atom. The van der Waals surface area contributed by atoms with E-state index in [1.54, 1.807) is 6.92 Å². The van der Waals surface area contributed by atoms with Crippen molar-refractivity contribution in [1.82, 2.24) is 9.88 Å². The first-order valence-corrected chi connectivity index (χ1v) is 7.03. The Morgan fingerprint density at radius 1 is 1.35 bits per heavy atom. The molecule has 0 spiro atoms. The van der Waals surface area contributed by atoms with Crippen molar-refractivity contribution >= 4 is 29.4 Å². The maximum atomic E-state index is 11.9. The number of methoxy groups -OCH3 is 1. The topological polar surface area (TPSA) is 95.0 Å². The van der Waals surface area contributed by atoms with Crippen LogP contribution in [-0.2, 0) is 19.1 Å². The summed E-state index contributed by atoms with van der Waals surface area (Å²) in [4.78, 5) is 39.8. The quantitative estimate of drug-likeness (QED) is 0.536. The number of esters is 2. The molecule has 0 N–H and O–H groups in total. The van der Waals surface area contributed by atoms with Gasteiger partial charge in [0, 0.05) is 7.05 Å². The number of carbonyl (C=O) groups is 3. The second-order valence-corrected chi connectivity index (χ2v) is 4.73. The largest absolute Gasteiger partial charge is 0.481 e. The van der Waals surface area contributed by atoms with Crippen LogP contribution in [0, 0.1) is 0 Å². The van der Waals surface area contributed by atoms with Crippen molar-refractivity contribution in [3.05, 3.63) is 23.0 Å². The minimum Gasteiger partial charge on any atom is -0.481 e. The smallest absolute Gasteiger partial charge is 0.341 e. The maximum Gasteiger partial charge on any atom is 0.341 e. The van der Waals surface area contributed by atoms with E-state index in [-0.39, 0.29) is 36.2 Å². The third-order valence-electron chi connectivity index (χ3n) is 2.69. The molecule has 0 radical (unpaired) electrons. The van der Waals surface area contributed by atoms with E-state index >= 15 is 0 Å². The lowest BCUT2D eigenvalue weighted by Gasteiger charge is -2.17. The Bertz CT molecular complexity index is 593. The molecule has 0 aliphatic rings. The van der Waals surface area contributed by atoms with Gasteiger partial charge in [-0.15, -0.1) is 0 Å². The lowest BCUT2D eigenvalue weighted by molar-refractivity contribution is -0.148. The molecule has 1 rings (SSSR count). The fourth-order valence-corrected chi connectivity index (χ4v) is 1.70. The maximum absolute atomic E-state index is 11.9. The molecule has 0 atom stereocenters. The Balaban J connectivity index is 2.69. The molecule has 9 heteroatoms. The highest BCUT2D eigenvalue weighted by Crippen LogP contribution is 2.21. The summed E-state index contributed by atoms with van der Waals surface area (Å²) >= 11 is 5.72. The Kier molecular flexibility index (Phi) is 7.27. The van der Waals surface area contributed by atoms with Crippen molar-refractivity contribution in [3.8, 4) is 5.75 Å². The molecule has 1 aromatic heterocycles. The number of halogens is 1. The molecular weight excluding hydrogens is 328 g/mol. The van der Waals surface area contributed by atoms with Gasteiger partial charge in [-0.25, -0.2) is 9.78 Å². The van der Waals surface area contributed by atoms with Gasteiger partial charge in [0.2, 0.25) is 0 Å². The second kappa shape index (κ2) is 8.94. The number of ether oxygens (including phenoxy) is 3. The van der Waals surface area contributed by atoms with E-state index in [0.29, 0.717) is 0 Å². The van der Waals surface area contributed by atoms with Gasteiger partial charge >= 0.3 is 11.9 Å². The van der Waals surface area contributed by atoms with Crippen LogP contribution in [0.15, 0.2) is 12.3 Å². The van der Waals surface area contributed by atoms with Crippen LogP contribution in [0.25, 0.3) is 0 Å². The molecule has 0 aliphatic heterocycles. The molecule has 1 aromatic rings. The van der Waals surface area contributed by atoms with Crippen molar-refractivity contribution in [2.75, 3.05) is 33.9 Å². The lowest BCUT2D eigenvalue weighted by Crippen LogP contribution is -2.36. The first-order chi connectivity index (χ1) is 10.9. The Hall–Kier alpha value is -2.35. The second-order valence-electron chi connectivity index (χ2n) is 4.34. The molecule has 126 valence electrons. The number of hydrogen-bond donors (Lipinski definition) is 0. The Morgan fingerprint density at radius 2 is 2.04 bits per heavy atom. The Labute approximate surface area is 138 Å². The zero-order valence-electron chi connectivity index (χ0n) is 13.0. The van der Waals surface area contributed by atoms with E-state index in [1.807, 2.05) is 0 Å². The molecule has 0 fully saturated rings. The number of rotatable bonds is 7. The monoisotopic (exact) mass is 344 g/mol. The van der Waals surface area contributed by atoms with Gasteiger partial charge in [-0.1, -0.05) is 11.6 Å². The van der Waals surface area contributed by atoms with Crippen molar-refractivity contribution in [3.63, 3.8) is 0 Å². The highest BCUT2D eigenvalue weighted by molar-refractivity contribution is 6.29. The minimum atomic E-state index is -0.670. The average Bonchev–Trinajstić information content (AvgIpc) is 2.52. The molecule has 0 aliphatic carbocycles. The SMILES string of the molecule is CCOC(=O)CN(C)C(=O)COc1cnc(Cl)cc1C(=O)OC. The number of carbonyl (C=O) groups excluding carboxylic acids is 3. The number of likely N-dealkylation sites (N-methyl/N-ethyl adjacent to an activating group) is 1. The molecule has 1 heterocycles. The summed E-state index contributed by atoms with van der Waals surface area (Å²) in [6.45, 7) is 1.32. The fourth-order valence-electron chi connectivity index (χ4n) is 1.54. The van der Waals surface area contributed by atoms with Crippen LogP contribution in [0.4, 0.5) is 0 Å². The zero-order valence-corrected chi connectivity index (χ0v) is 13.8. The van der Waals surface area contributed by atoms with Crippen LogP contribution >= 0.6 is 11.6 Å². The summed E-state index contributed by atoms with van der Waals surface area (Å²) in [5.41, 5.74) is 0.0494. The first-order valence-electron chi connectivity index (χ1n) is 6.65. The summed E-state index contributed by atoms with van der Waals surface area (Å²) in [7, 11) is 2.64. The van der Waals surface area contributed by atoms with Crippen LogP contribution < -0.4 is 4.74 Å². The number of pyridine rings is 1. The predicted octanol–water partition coefficient (Wildman–Crippen LogP) is 0.922. The molecule has 23 heavy (non-hydrogen) atoms. The molecule has 0 bridgehead atoms. The van der Waals surface area contributed by atoms with Gasteiger partial charge in [-0.05, 0) is 13.0 Å². The zero-order chi connectivity index (χ0) is 17.4. The third kappa shape index (κ3) is 5.74. The third-order valence-corrected chi connectivity index (χ3v) is 2.89. The summed E-state index contributed by atoms with van der Waals surface area (Å²) in [5.74, 6) is -1.61. The van der Waals surface area contributed by atoms with E-state index in [1.165, 1.54) is 26.4 Å². The fraction of sp³-hybridized carbons (Fsp3) is 0.429. The predicted molar refractivity (Wildman–Crippen MR) is 80.4 cm³/mol. The van der Waals surface area contributed by atoms with E-state index in [9.17, 15) is 14.4 Å². The summed E-state index contributed by atoms with van der Waals surface area (Å²) in [5, 5.41) is 0.0866. The van der Waals surface area contributed by atoms with Gasteiger partial charge in [0.1, 0.15) is 17.3 Å². The van der Waals surface area contributed by atoms with Crippen molar-refractivity contribution in [1.29, 1.82) is 0 Å². The average molecular weight is 345 g/mol. The van der Waals surface area contributed by atoms with Crippen molar-refractivity contribution in [2.24, 2.45) is 0 Å². The molecule has 0 unspecified atom stereocenters. The van der Waals surface area contributed by atoms with Gasteiger partial charge in [-0.3, -0.25) is 9.59 Å². The number of nitrogens with zero attached hydrogens (tertiary/aromatic N) is 2. The van der Waals surface area contributed by atoms with Crippen molar-refractivity contribution in [2.45, 2.75) is 6.92 Å². The lowest BCUT2D eigenvalue weighted by atomic mass is 10.2. The van der Waals surface area contributed by atoms with Gasteiger partial charge in [0.15, 0.2) is 12.4 Å². The van der Waals surface area contributed by atoms with Gasteiger partial charge < -0.3 is 19.1 Å². The van der Waals surface area contributed by atoms with Crippen LogP contribution in [0.3, 0.4) is 0 Å². The van der Waals surface area contributed by atoms with E-state index in [0.717, 1.165) is 4.90 Å². The molecular formula is C14H17ClN2O6. The number of amides is 1. The molecule has 0 saturated heterocycles. The van der Waals surface area contributed by atoms with Crippen LogP contribution in [-0.4, -0.2) is 61.6 Å². The van der Waals surface area contributed by atoms with Gasteiger partial charge in [-0.2, -0.15) is 0 Å². The number of hydrogen-bond acceptors (Lipinski definition) is 7. The molecule has 1 amide bonds. The summed E-state index contributed by atoms with van der Waals surface area (Å²) < 4.78 is 14.6.